The van der Waals surface area contributed by atoms with E-state index in [1.807, 2.05) is 0 Å². The van der Waals surface area contributed by atoms with Crippen molar-refractivity contribution in [2.75, 3.05) is 19.8 Å². The van der Waals surface area contributed by atoms with Crippen molar-refractivity contribution in [3.8, 4) is 5.75 Å². The lowest BCUT2D eigenvalue weighted by Gasteiger charge is -2.18. The predicted octanol–water partition coefficient (Wildman–Crippen LogP) is 1.15. The molecule has 5 nitrogen and oxygen atoms in total. The minimum Gasteiger partial charge on any atom is -0.465 e. The van der Waals surface area contributed by atoms with E-state index in [2.05, 4.69) is 4.74 Å². The molecular weight excluding hydrogens is 263 g/mol. The maximum atomic E-state index is 11.2. The Hall–Kier alpha value is -0.940. The van der Waals surface area contributed by atoms with Crippen molar-refractivity contribution in [2.45, 2.75) is 0 Å². The molecule has 0 fully saturated rings. The van der Waals surface area contributed by atoms with Gasteiger partial charge in [-0.2, -0.15) is 0 Å². The molecule has 17 heavy (non-hydrogen) atoms. The van der Waals surface area contributed by atoms with Gasteiger partial charge in [-0.3, -0.25) is 0 Å². The number of methoxy groups -OCH3 is 1. The first-order valence-electron chi connectivity index (χ1n) is 4.72. The molecule has 0 aliphatic heterocycles. The van der Waals surface area contributed by atoms with Gasteiger partial charge in [0, 0.05) is 0 Å². The third kappa shape index (κ3) is 3.78. The van der Waals surface area contributed by atoms with Crippen LogP contribution in [0.4, 0.5) is 0 Å². The molecule has 0 amide bonds. The molecule has 1 aromatic rings. The Kier molecular flexibility index (Phi) is 5.08. The lowest BCUT2D eigenvalue weighted by Crippen LogP contribution is -2.03. The molecule has 0 radical (unpaired) electrons. The number of aliphatic hydroxyl groups excluding tert-OH is 2. The fourth-order valence-corrected chi connectivity index (χ4v) is 2.03. The molecule has 1 aromatic carbocycles. The standard InChI is InChI=1S/C10H13O5PS/c1-14-10(13)8-2-4-9(5-3-8)15-16(17,6-11)7-12/h2-5,11-12H,6-7H2,1H3. The topological polar surface area (TPSA) is 76.0 Å². The molecule has 0 aliphatic carbocycles. The monoisotopic (exact) mass is 276 g/mol. The molecule has 0 spiro atoms. The van der Waals surface area contributed by atoms with Crippen LogP contribution in [0.1, 0.15) is 10.4 Å². The number of rotatable bonds is 5. The first-order chi connectivity index (χ1) is 8.04. The Morgan fingerprint density at radius 2 is 1.82 bits per heavy atom. The minimum absolute atomic E-state index is 0.377. The van der Waals surface area contributed by atoms with Crippen molar-refractivity contribution >= 4 is 24.0 Å². The molecule has 0 saturated heterocycles. The van der Waals surface area contributed by atoms with Gasteiger partial charge in [-0.25, -0.2) is 4.79 Å². The van der Waals surface area contributed by atoms with E-state index in [-0.39, 0.29) is 12.7 Å². The molecule has 1 rings (SSSR count). The van der Waals surface area contributed by atoms with E-state index in [9.17, 15) is 4.79 Å². The highest BCUT2D eigenvalue weighted by molar-refractivity contribution is 8.12. The number of esters is 1. The Labute approximate surface area is 104 Å². The average molecular weight is 276 g/mol. The Morgan fingerprint density at radius 3 is 2.24 bits per heavy atom. The van der Waals surface area contributed by atoms with Crippen molar-refractivity contribution < 1.29 is 24.3 Å². The highest BCUT2D eigenvalue weighted by Gasteiger charge is 2.17. The average Bonchev–Trinajstić information content (AvgIpc) is 2.38. The summed E-state index contributed by atoms with van der Waals surface area (Å²) >= 11 is 4.99. The van der Waals surface area contributed by atoms with Crippen LogP contribution in [0.2, 0.25) is 0 Å². The molecule has 0 heterocycles. The van der Waals surface area contributed by atoms with Crippen molar-refractivity contribution in [1.82, 2.24) is 0 Å². The molecular formula is C10H13O5PS. The lowest BCUT2D eigenvalue weighted by atomic mass is 10.2. The maximum Gasteiger partial charge on any atom is 0.337 e. The zero-order chi connectivity index (χ0) is 12.9. The normalized spacial score (nSPS) is 11.0. The van der Waals surface area contributed by atoms with Crippen molar-refractivity contribution in [2.24, 2.45) is 0 Å². The maximum absolute atomic E-state index is 11.2. The van der Waals surface area contributed by atoms with E-state index in [4.69, 9.17) is 26.5 Å². The second-order valence-electron chi connectivity index (χ2n) is 3.20. The van der Waals surface area contributed by atoms with Crippen LogP contribution in [0.3, 0.4) is 0 Å². The van der Waals surface area contributed by atoms with E-state index in [0.717, 1.165) is 0 Å². The van der Waals surface area contributed by atoms with Crippen molar-refractivity contribution in [3.63, 3.8) is 0 Å². The van der Waals surface area contributed by atoms with Gasteiger partial charge in [-0.1, -0.05) is 0 Å². The zero-order valence-corrected chi connectivity index (χ0v) is 10.9. The second kappa shape index (κ2) is 6.12. The number of ether oxygens (including phenoxy) is 1. The van der Waals surface area contributed by atoms with Gasteiger partial charge in [0.05, 0.1) is 12.7 Å². The molecule has 0 saturated carbocycles. The van der Waals surface area contributed by atoms with Gasteiger partial charge in [-0.15, -0.1) is 0 Å². The molecule has 7 heteroatoms. The number of aliphatic hydroxyl groups is 2. The van der Waals surface area contributed by atoms with Crippen LogP contribution >= 0.6 is 6.26 Å². The smallest absolute Gasteiger partial charge is 0.337 e. The minimum atomic E-state index is -2.62. The van der Waals surface area contributed by atoms with E-state index < -0.39 is 12.2 Å². The van der Waals surface area contributed by atoms with E-state index in [1.54, 1.807) is 12.1 Å². The molecule has 0 aromatic heterocycles. The van der Waals surface area contributed by atoms with Gasteiger partial charge in [0.15, 0.2) is 6.26 Å². The molecule has 94 valence electrons. The van der Waals surface area contributed by atoms with Gasteiger partial charge in [0.1, 0.15) is 18.4 Å². The number of carbonyl (C=O) groups is 1. The molecule has 0 bridgehead atoms. The fourth-order valence-electron chi connectivity index (χ4n) is 1.06. The molecule has 0 unspecified atom stereocenters. The van der Waals surface area contributed by atoms with Crippen LogP contribution in [0.15, 0.2) is 24.3 Å². The first kappa shape index (κ1) is 14.1. The third-order valence-corrected chi connectivity index (χ3v) is 4.30. The molecule has 0 aliphatic rings. The van der Waals surface area contributed by atoms with Crippen LogP contribution in [0, 0.1) is 0 Å². The number of hydrogen-bond donors (Lipinski definition) is 2. The van der Waals surface area contributed by atoms with Gasteiger partial charge in [0.2, 0.25) is 0 Å². The summed E-state index contributed by atoms with van der Waals surface area (Å²) in [6.07, 6.45) is -3.38. The van der Waals surface area contributed by atoms with E-state index >= 15 is 0 Å². The first-order valence-corrected chi connectivity index (χ1v) is 7.81. The highest BCUT2D eigenvalue weighted by Crippen LogP contribution is 2.45. The van der Waals surface area contributed by atoms with Gasteiger partial charge in [-0.05, 0) is 36.1 Å². The summed E-state index contributed by atoms with van der Waals surface area (Å²) in [5.41, 5.74) is 0.390. The van der Waals surface area contributed by atoms with Crippen LogP contribution in [0.25, 0.3) is 0 Å². The SMILES string of the molecule is COC(=O)c1ccc(OP(=S)(CO)CO)cc1. The Bertz CT molecular complexity index is 423. The lowest BCUT2D eigenvalue weighted by molar-refractivity contribution is 0.0600. The second-order valence-corrected chi connectivity index (χ2v) is 7.58. The van der Waals surface area contributed by atoms with E-state index in [1.165, 1.54) is 19.2 Å². The van der Waals surface area contributed by atoms with Crippen LogP contribution in [-0.2, 0) is 16.5 Å². The van der Waals surface area contributed by atoms with Gasteiger partial charge < -0.3 is 19.5 Å². The molecule has 2 N–H and O–H groups in total. The summed E-state index contributed by atoms with van der Waals surface area (Å²) in [7, 11) is 1.30. The summed E-state index contributed by atoms with van der Waals surface area (Å²) in [5, 5.41) is 18.0. The van der Waals surface area contributed by atoms with Crippen LogP contribution in [-0.4, -0.2) is 36.0 Å². The summed E-state index contributed by atoms with van der Waals surface area (Å²) < 4.78 is 9.89. The highest BCUT2D eigenvalue weighted by atomic mass is 32.4. The largest absolute Gasteiger partial charge is 0.465 e. The fraction of sp³-hybridized carbons (Fsp3) is 0.300. The number of hydrogen-bond acceptors (Lipinski definition) is 6. The summed E-state index contributed by atoms with van der Waals surface area (Å²) in [5.74, 6) is -0.0376. The predicted molar refractivity (Wildman–Crippen MR) is 66.9 cm³/mol. The summed E-state index contributed by atoms with van der Waals surface area (Å²) in [4.78, 5) is 11.2. The quantitative estimate of drug-likeness (QED) is 0.620. The summed E-state index contributed by atoms with van der Waals surface area (Å²) in [6.45, 7) is 0. The summed E-state index contributed by atoms with van der Waals surface area (Å²) in [6, 6.07) is 6.13. The Balaban J connectivity index is 2.82. The van der Waals surface area contributed by atoms with Crippen molar-refractivity contribution in [3.05, 3.63) is 29.8 Å². The van der Waals surface area contributed by atoms with E-state index in [0.29, 0.717) is 11.3 Å². The molecule has 0 atom stereocenters. The van der Waals surface area contributed by atoms with Gasteiger partial charge in [0.25, 0.3) is 0 Å². The van der Waals surface area contributed by atoms with Crippen molar-refractivity contribution in [1.29, 1.82) is 0 Å². The number of carbonyl (C=O) groups excluding carboxylic acids is 1. The van der Waals surface area contributed by atoms with Crippen LogP contribution < -0.4 is 4.52 Å². The zero-order valence-electron chi connectivity index (χ0n) is 9.20. The number of benzene rings is 1. The third-order valence-electron chi connectivity index (χ3n) is 1.98. The Morgan fingerprint density at radius 1 is 1.29 bits per heavy atom. The van der Waals surface area contributed by atoms with Crippen LogP contribution in [0.5, 0.6) is 5.75 Å². The van der Waals surface area contributed by atoms with Gasteiger partial charge >= 0.3 is 5.97 Å².